The normalized spacial score (nSPS) is 11.2. The van der Waals surface area contributed by atoms with E-state index in [9.17, 15) is 0 Å². The van der Waals surface area contributed by atoms with Crippen molar-refractivity contribution in [1.82, 2.24) is 10.2 Å². The smallest absolute Gasteiger partial charge is 0.0300 e. The molecular formula is C16H21BrN2S. The molecule has 4 heteroatoms. The lowest BCUT2D eigenvalue weighted by Gasteiger charge is -2.17. The predicted molar refractivity (Wildman–Crippen MR) is 91.2 cm³/mol. The number of hydrogen-bond acceptors (Lipinski definition) is 3. The molecule has 2 rings (SSSR count). The van der Waals surface area contributed by atoms with Gasteiger partial charge in [-0.3, -0.25) is 0 Å². The number of thiophene rings is 1. The molecule has 1 aromatic carbocycles. The van der Waals surface area contributed by atoms with Crippen molar-refractivity contribution in [2.45, 2.75) is 20.0 Å². The number of rotatable bonds is 7. The molecule has 0 atom stereocenters. The number of nitrogens with one attached hydrogen (secondary N) is 1. The van der Waals surface area contributed by atoms with Gasteiger partial charge in [-0.25, -0.2) is 0 Å². The Morgan fingerprint density at radius 3 is 2.55 bits per heavy atom. The van der Waals surface area contributed by atoms with Gasteiger partial charge in [0.05, 0.1) is 0 Å². The number of halogens is 1. The van der Waals surface area contributed by atoms with Gasteiger partial charge in [-0.2, -0.15) is 0 Å². The van der Waals surface area contributed by atoms with E-state index in [4.69, 9.17) is 0 Å². The van der Waals surface area contributed by atoms with Crippen LogP contribution in [0.1, 0.15) is 15.3 Å². The molecule has 108 valence electrons. The van der Waals surface area contributed by atoms with Crippen molar-refractivity contribution in [3.05, 3.63) is 56.2 Å². The van der Waals surface area contributed by atoms with Crippen LogP contribution in [-0.2, 0) is 13.1 Å². The highest BCUT2D eigenvalue weighted by atomic mass is 79.9. The van der Waals surface area contributed by atoms with Crippen LogP contribution in [0.5, 0.6) is 0 Å². The van der Waals surface area contributed by atoms with E-state index in [-0.39, 0.29) is 0 Å². The maximum Gasteiger partial charge on any atom is 0.0300 e. The van der Waals surface area contributed by atoms with Gasteiger partial charge in [0, 0.05) is 40.4 Å². The van der Waals surface area contributed by atoms with Crippen LogP contribution < -0.4 is 5.32 Å². The maximum atomic E-state index is 3.50. The summed E-state index contributed by atoms with van der Waals surface area (Å²) >= 11 is 5.33. The van der Waals surface area contributed by atoms with Crippen molar-refractivity contribution in [2.24, 2.45) is 0 Å². The lowest BCUT2D eigenvalue weighted by atomic mass is 10.2. The molecule has 0 amide bonds. The summed E-state index contributed by atoms with van der Waals surface area (Å²) in [5, 5.41) is 3.50. The Bertz CT molecular complexity index is 522. The van der Waals surface area contributed by atoms with E-state index in [1.807, 2.05) is 11.3 Å². The average Bonchev–Trinajstić information content (AvgIpc) is 2.83. The molecule has 2 nitrogen and oxygen atoms in total. The molecule has 20 heavy (non-hydrogen) atoms. The van der Waals surface area contributed by atoms with E-state index in [1.165, 1.54) is 15.3 Å². The zero-order valence-electron chi connectivity index (χ0n) is 12.0. The third kappa shape index (κ3) is 5.37. The third-order valence-corrected chi connectivity index (χ3v) is 4.66. The second kappa shape index (κ2) is 7.93. The fourth-order valence-corrected chi connectivity index (χ4v) is 3.17. The molecule has 0 fully saturated rings. The Hall–Kier alpha value is -0.680. The Morgan fingerprint density at radius 1 is 1.15 bits per heavy atom. The van der Waals surface area contributed by atoms with Gasteiger partial charge in [0.15, 0.2) is 0 Å². The van der Waals surface area contributed by atoms with Gasteiger partial charge in [0.25, 0.3) is 0 Å². The van der Waals surface area contributed by atoms with E-state index in [0.717, 1.165) is 30.7 Å². The minimum Gasteiger partial charge on any atom is -0.311 e. The van der Waals surface area contributed by atoms with Crippen LogP contribution in [-0.4, -0.2) is 25.0 Å². The summed E-state index contributed by atoms with van der Waals surface area (Å²) in [6.07, 6.45) is 0. The van der Waals surface area contributed by atoms with Crippen molar-refractivity contribution < 1.29 is 0 Å². The molecule has 1 N–H and O–H groups in total. The lowest BCUT2D eigenvalue weighted by Crippen LogP contribution is -2.28. The summed E-state index contributed by atoms with van der Waals surface area (Å²) in [5.74, 6) is 0. The van der Waals surface area contributed by atoms with Crippen LogP contribution in [0.4, 0.5) is 0 Å². The molecule has 1 heterocycles. The molecule has 0 aliphatic carbocycles. The molecule has 2 aromatic rings. The Kier molecular flexibility index (Phi) is 6.23. The van der Waals surface area contributed by atoms with Crippen LogP contribution in [0.25, 0.3) is 0 Å². The van der Waals surface area contributed by atoms with Crippen molar-refractivity contribution in [3.8, 4) is 0 Å². The number of nitrogens with zero attached hydrogens (tertiary/aromatic N) is 1. The van der Waals surface area contributed by atoms with Crippen molar-refractivity contribution in [1.29, 1.82) is 0 Å². The first kappa shape index (κ1) is 15.7. The standard InChI is InChI=1S/C16H21BrN2S/c1-13-3-8-16(20-13)11-18-9-10-19(2)12-14-4-6-15(17)7-5-14/h3-8,18H,9-12H2,1-2H3. The third-order valence-electron chi connectivity index (χ3n) is 3.13. The van der Waals surface area contributed by atoms with Gasteiger partial charge in [0.2, 0.25) is 0 Å². The number of benzene rings is 1. The maximum absolute atomic E-state index is 3.50. The van der Waals surface area contributed by atoms with Gasteiger partial charge in [-0.05, 0) is 43.8 Å². The van der Waals surface area contributed by atoms with Crippen LogP contribution in [0.2, 0.25) is 0 Å². The van der Waals surface area contributed by atoms with Crippen LogP contribution in [0.3, 0.4) is 0 Å². The first-order valence-corrected chi connectivity index (χ1v) is 8.43. The monoisotopic (exact) mass is 352 g/mol. The van der Waals surface area contributed by atoms with E-state index >= 15 is 0 Å². The van der Waals surface area contributed by atoms with E-state index in [1.54, 1.807) is 0 Å². The van der Waals surface area contributed by atoms with E-state index in [0.29, 0.717) is 0 Å². The Balaban J connectivity index is 1.65. The fourth-order valence-electron chi connectivity index (χ4n) is 2.04. The molecule has 0 bridgehead atoms. The van der Waals surface area contributed by atoms with Crippen molar-refractivity contribution in [2.75, 3.05) is 20.1 Å². The summed E-state index contributed by atoms with van der Waals surface area (Å²) in [7, 11) is 2.17. The second-order valence-corrected chi connectivity index (χ2v) is 7.34. The first-order chi connectivity index (χ1) is 9.63. The molecule has 0 saturated carbocycles. The van der Waals surface area contributed by atoms with Crippen LogP contribution >= 0.6 is 27.3 Å². The number of likely N-dealkylation sites (N-methyl/N-ethyl adjacent to an activating group) is 1. The highest BCUT2D eigenvalue weighted by Crippen LogP contribution is 2.14. The van der Waals surface area contributed by atoms with E-state index < -0.39 is 0 Å². The highest BCUT2D eigenvalue weighted by molar-refractivity contribution is 9.10. The molecule has 0 aliphatic rings. The fraction of sp³-hybridized carbons (Fsp3) is 0.375. The largest absolute Gasteiger partial charge is 0.311 e. The summed E-state index contributed by atoms with van der Waals surface area (Å²) in [6.45, 7) is 6.20. The molecule has 1 aromatic heterocycles. The highest BCUT2D eigenvalue weighted by Gasteiger charge is 2.01. The summed E-state index contributed by atoms with van der Waals surface area (Å²) < 4.78 is 1.14. The summed E-state index contributed by atoms with van der Waals surface area (Å²) in [4.78, 5) is 5.14. The minimum absolute atomic E-state index is 0.977. The summed E-state index contributed by atoms with van der Waals surface area (Å²) in [6, 6.07) is 12.9. The van der Waals surface area contributed by atoms with Gasteiger partial charge < -0.3 is 10.2 Å². The molecular weight excluding hydrogens is 332 g/mol. The molecule has 0 aliphatic heterocycles. The van der Waals surface area contributed by atoms with Gasteiger partial charge in [-0.15, -0.1) is 11.3 Å². The zero-order valence-corrected chi connectivity index (χ0v) is 14.4. The average molecular weight is 353 g/mol. The van der Waals surface area contributed by atoms with Crippen LogP contribution in [0, 0.1) is 6.92 Å². The summed E-state index contributed by atoms with van der Waals surface area (Å²) in [5.41, 5.74) is 1.35. The molecule has 0 radical (unpaired) electrons. The van der Waals surface area contributed by atoms with Gasteiger partial charge in [0.1, 0.15) is 0 Å². The predicted octanol–water partition coefficient (Wildman–Crippen LogP) is 4.04. The van der Waals surface area contributed by atoms with Crippen molar-refractivity contribution >= 4 is 27.3 Å². The molecule has 0 unspecified atom stereocenters. The molecule has 0 saturated heterocycles. The topological polar surface area (TPSA) is 15.3 Å². The van der Waals surface area contributed by atoms with Crippen molar-refractivity contribution in [3.63, 3.8) is 0 Å². The zero-order chi connectivity index (χ0) is 14.4. The first-order valence-electron chi connectivity index (χ1n) is 6.82. The number of hydrogen-bond donors (Lipinski definition) is 1. The van der Waals surface area contributed by atoms with Crippen LogP contribution in [0.15, 0.2) is 40.9 Å². The second-order valence-electron chi connectivity index (χ2n) is 5.05. The Labute approximate surface area is 133 Å². The SMILES string of the molecule is Cc1ccc(CNCCN(C)Cc2ccc(Br)cc2)s1. The van der Waals surface area contributed by atoms with Gasteiger partial charge in [-0.1, -0.05) is 28.1 Å². The number of aryl methyl sites for hydroxylation is 1. The Morgan fingerprint density at radius 2 is 1.90 bits per heavy atom. The van der Waals surface area contributed by atoms with Gasteiger partial charge >= 0.3 is 0 Å². The molecule has 0 spiro atoms. The lowest BCUT2D eigenvalue weighted by molar-refractivity contribution is 0.324. The van der Waals surface area contributed by atoms with E-state index in [2.05, 4.69) is 76.5 Å². The quantitative estimate of drug-likeness (QED) is 0.756. The minimum atomic E-state index is 0.977.